The molecule has 0 fully saturated rings. The van der Waals surface area contributed by atoms with Crippen LogP contribution in [0.15, 0.2) is 53.7 Å². The first-order chi connectivity index (χ1) is 15.2. The second kappa shape index (κ2) is 10.1. The molecule has 0 radical (unpaired) electrons. The number of rotatable bonds is 6. The van der Waals surface area contributed by atoms with Crippen molar-refractivity contribution in [2.45, 2.75) is 61.5 Å². The van der Waals surface area contributed by atoms with Gasteiger partial charge in [0.2, 0.25) is 0 Å². The highest BCUT2D eigenvalue weighted by molar-refractivity contribution is 6.06. The van der Waals surface area contributed by atoms with Gasteiger partial charge in [0.25, 0.3) is 5.90 Å². The smallest absolute Gasteiger partial charge is 0.344 e. The van der Waals surface area contributed by atoms with Gasteiger partial charge in [-0.15, -0.1) is 0 Å². The minimum atomic E-state index is -0.634. The fourth-order valence-corrected chi connectivity index (χ4v) is 2.82. The summed E-state index contributed by atoms with van der Waals surface area (Å²) in [5.41, 5.74) is 0.824. The van der Waals surface area contributed by atoms with Gasteiger partial charge in [0, 0.05) is 27.5 Å². The molecule has 0 spiro atoms. The van der Waals surface area contributed by atoms with E-state index in [1.165, 1.54) is 0 Å². The van der Waals surface area contributed by atoms with Crippen LogP contribution in [0.2, 0.25) is 0 Å². The summed E-state index contributed by atoms with van der Waals surface area (Å²) in [4.78, 5) is 43.0. The highest BCUT2D eigenvalue weighted by Gasteiger charge is 2.24. The number of hydrogen-bond donors (Lipinski definition) is 0. The molecule has 6 nitrogen and oxygen atoms in total. The average Bonchev–Trinajstić information content (AvgIpc) is 2.74. The van der Waals surface area contributed by atoms with Gasteiger partial charge in [0.05, 0.1) is 5.56 Å². The molecular weight excluding hydrogens is 418 g/mol. The van der Waals surface area contributed by atoms with E-state index < -0.39 is 16.8 Å². The predicted octanol–water partition coefficient (Wildman–Crippen LogP) is 6.09. The van der Waals surface area contributed by atoms with Crippen molar-refractivity contribution in [2.75, 3.05) is 0 Å². The van der Waals surface area contributed by atoms with Crippen LogP contribution in [0.4, 0.5) is 0 Å². The van der Waals surface area contributed by atoms with Crippen LogP contribution in [0.3, 0.4) is 0 Å². The van der Waals surface area contributed by atoms with Gasteiger partial charge in [-0.2, -0.15) is 0 Å². The number of carbonyl (C=O) groups excluding carboxylic acids is 3. The molecule has 0 N–H and O–H groups in total. The molecule has 0 unspecified atom stereocenters. The molecule has 2 aromatic carbocycles. The van der Waals surface area contributed by atoms with Crippen LogP contribution in [0.1, 0.15) is 92.0 Å². The second-order valence-electron chi connectivity index (χ2n) is 10.3. The number of Topliss-reactive ketones (excluding diaryl/α,β-unsaturated/α-hetero) is 2. The molecule has 2 rings (SSSR count). The van der Waals surface area contributed by atoms with Crippen LogP contribution in [0.25, 0.3) is 0 Å². The van der Waals surface area contributed by atoms with E-state index >= 15 is 0 Å². The molecule has 33 heavy (non-hydrogen) atoms. The van der Waals surface area contributed by atoms with Gasteiger partial charge in [-0.05, 0) is 43.3 Å². The number of benzene rings is 2. The first kappa shape index (κ1) is 26.0. The maximum Gasteiger partial charge on any atom is 0.344 e. The van der Waals surface area contributed by atoms with Crippen molar-refractivity contribution in [1.82, 2.24) is 0 Å². The summed E-state index contributed by atoms with van der Waals surface area (Å²) < 4.78 is 5.52. The summed E-state index contributed by atoms with van der Waals surface area (Å²) >= 11 is 0. The lowest BCUT2D eigenvalue weighted by Crippen LogP contribution is -2.21. The van der Waals surface area contributed by atoms with Crippen LogP contribution in [-0.4, -0.2) is 29.5 Å². The Labute approximate surface area is 196 Å². The Morgan fingerprint density at radius 3 is 1.39 bits per heavy atom. The normalized spacial score (nSPS) is 12.5. The highest BCUT2D eigenvalue weighted by Crippen LogP contribution is 2.23. The Morgan fingerprint density at radius 2 is 1.03 bits per heavy atom. The van der Waals surface area contributed by atoms with Gasteiger partial charge < -0.3 is 9.57 Å². The van der Waals surface area contributed by atoms with Crippen molar-refractivity contribution < 1.29 is 24.0 Å². The molecule has 0 aliphatic heterocycles. The molecule has 6 heteroatoms. The number of carbonyl (C=O) groups is 3. The van der Waals surface area contributed by atoms with Gasteiger partial charge in [-0.25, -0.2) is 4.79 Å². The Morgan fingerprint density at radius 1 is 0.667 bits per heavy atom. The van der Waals surface area contributed by atoms with Crippen LogP contribution in [-0.2, 0) is 9.57 Å². The highest BCUT2D eigenvalue weighted by atomic mass is 16.7. The topological polar surface area (TPSA) is 82.0 Å². The van der Waals surface area contributed by atoms with Crippen LogP contribution < -0.4 is 0 Å². The van der Waals surface area contributed by atoms with E-state index in [1.807, 2.05) is 41.5 Å². The van der Waals surface area contributed by atoms with Crippen LogP contribution in [0.5, 0.6) is 0 Å². The Balaban J connectivity index is 2.27. The molecule has 0 aliphatic carbocycles. The first-order valence-corrected chi connectivity index (χ1v) is 11.0. The number of ketones is 2. The fraction of sp³-hybridized carbons (Fsp3) is 0.407. The van der Waals surface area contributed by atoms with E-state index in [2.05, 4.69) is 5.16 Å². The zero-order valence-electron chi connectivity index (χ0n) is 20.7. The van der Waals surface area contributed by atoms with Crippen molar-refractivity contribution in [3.63, 3.8) is 0 Å². The first-order valence-electron chi connectivity index (χ1n) is 11.0. The molecule has 0 amide bonds. The third kappa shape index (κ3) is 7.11. The second-order valence-corrected chi connectivity index (χ2v) is 10.3. The van der Waals surface area contributed by atoms with E-state index in [-0.39, 0.29) is 29.1 Å². The van der Waals surface area contributed by atoms with Gasteiger partial charge in [-0.1, -0.05) is 65.8 Å². The van der Waals surface area contributed by atoms with Gasteiger partial charge >= 0.3 is 5.97 Å². The average molecular weight is 452 g/mol. The molecule has 0 heterocycles. The zero-order valence-corrected chi connectivity index (χ0v) is 20.7. The number of esters is 1. The fourth-order valence-electron chi connectivity index (χ4n) is 2.82. The van der Waals surface area contributed by atoms with Crippen molar-refractivity contribution in [1.29, 1.82) is 0 Å². The van der Waals surface area contributed by atoms with E-state index in [0.29, 0.717) is 16.7 Å². The van der Waals surface area contributed by atoms with Crippen LogP contribution >= 0.6 is 0 Å². The van der Waals surface area contributed by atoms with E-state index in [0.717, 1.165) is 0 Å². The molecule has 0 bridgehead atoms. The Hall–Kier alpha value is -3.28. The van der Waals surface area contributed by atoms with Crippen LogP contribution in [0, 0.1) is 10.8 Å². The quantitative estimate of drug-likeness (QED) is 0.175. The van der Waals surface area contributed by atoms with E-state index in [1.54, 1.807) is 62.4 Å². The summed E-state index contributed by atoms with van der Waals surface area (Å²) in [6.07, 6.45) is -0.219. The van der Waals surface area contributed by atoms with Crippen molar-refractivity contribution in [2.24, 2.45) is 16.0 Å². The SMILES string of the molecule is CC(C)ON=C(OC(=O)c1ccc(C(=O)C(C)(C)C)cc1)c1ccc(C(=O)C(C)(C)C)cc1. The third-order valence-electron chi connectivity index (χ3n) is 4.68. The number of ether oxygens (including phenoxy) is 1. The number of oxime groups is 1. The number of hydrogen-bond acceptors (Lipinski definition) is 6. The Kier molecular flexibility index (Phi) is 7.96. The summed E-state index contributed by atoms with van der Waals surface area (Å²) in [5.74, 6) is -0.656. The molecular formula is C27H33NO5. The van der Waals surface area contributed by atoms with Gasteiger partial charge in [-0.3, -0.25) is 9.59 Å². The summed E-state index contributed by atoms with van der Waals surface area (Å²) in [7, 11) is 0. The largest absolute Gasteiger partial charge is 0.400 e. The minimum Gasteiger partial charge on any atom is -0.400 e. The lowest BCUT2D eigenvalue weighted by atomic mass is 9.86. The lowest BCUT2D eigenvalue weighted by molar-refractivity contribution is 0.0624. The minimum absolute atomic E-state index is 0.00728. The van der Waals surface area contributed by atoms with Crippen molar-refractivity contribution in [3.8, 4) is 0 Å². The summed E-state index contributed by atoms with van der Waals surface area (Å²) in [6, 6.07) is 13.0. The van der Waals surface area contributed by atoms with Gasteiger partial charge in [0.15, 0.2) is 11.6 Å². The monoisotopic (exact) mass is 451 g/mol. The molecule has 0 saturated heterocycles. The summed E-state index contributed by atoms with van der Waals surface area (Å²) in [6.45, 7) is 14.7. The molecule has 0 aliphatic rings. The summed E-state index contributed by atoms with van der Waals surface area (Å²) in [5, 5.41) is 3.99. The zero-order chi connectivity index (χ0) is 25.0. The molecule has 0 saturated carbocycles. The van der Waals surface area contributed by atoms with E-state index in [9.17, 15) is 14.4 Å². The maximum atomic E-state index is 12.8. The maximum absolute atomic E-state index is 12.8. The lowest BCUT2D eigenvalue weighted by Gasteiger charge is -2.17. The Bertz CT molecular complexity index is 1030. The molecule has 0 atom stereocenters. The molecule has 176 valence electrons. The van der Waals surface area contributed by atoms with Crippen molar-refractivity contribution >= 4 is 23.4 Å². The predicted molar refractivity (Wildman–Crippen MR) is 129 cm³/mol. The number of nitrogens with zero attached hydrogens (tertiary/aromatic N) is 1. The standard InChI is InChI=1S/C27H33NO5/c1-17(2)33-28-24(20-13-9-18(10-14-20)22(29)26(3,4)5)32-25(31)21-15-11-19(12-16-21)23(30)27(6,7)8/h9-17H,1-8H3. The van der Waals surface area contributed by atoms with E-state index in [4.69, 9.17) is 9.57 Å². The molecule has 0 aromatic heterocycles. The third-order valence-corrected chi connectivity index (χ3v) is 4.68. The van der Waals surface area contributed by atoms with Gasteiger partial charge in [0.1, 0.15) is 6.10 Å². The van der Waals surface area contributed by atoms with Crippen molar-refractivity contribution in [3.05, 3.63) is 70.8 Å². The molecule has 2 aromatic rings.